The SMILES string of the molecule is CC(C)(C)c1cc(-c2ccc3c(c2)c2ccccc2n3-c2ccccc2)c2c(c1)c1c3ccccc3cc3c4c5c6cc(C(C)(C)C)cc7c8cc(C(C)(C)C)cc(-c9ccc%10c(c9)c9ccccc9n%10-c9ccccc9)c8n(c5ncc4n2c31)c76. The van der Waals surface area contributed by atoms with Crippen molar-refractivity contribution in [2.45, 2.75) is 78.6 Å². The zero-order valence-electron chi connectivity index (χ0n) is 50.0. The van der Waals surface area contributed by atoms with Gasteiger partial charge in [-0.2, -0.15) is 0 Å². The lowest BCUT2D eigenvalue weighted by Crippen LogP contribution is -2.11. The van der Waals surface area contributed by atoms with Gasteiger partial charge >= 0.3 is 0 Å². The normalized spacial score (nSPS) is 13.2. The third-order valence-corrected chi connectivity index (χ3v) is 19.4. The summed E-state index contributed by atoms with van der Waals surface area (Å²) < 4.78 is 10.0. The van der Waals surface area contributed by atoms with Crippen molar-refractivity contribution >= 4 is 131 Å². The number of rotatable bonds is 4. The van der Waals surface area contributed by atoms with Gasteiger partial charge in [0.1, 0.15) is 5.65 Å². The molecule has 0 aliphatic heterocycles. The molecule has 0 aliphatic carbocycles. The van der Waals surface area contributed by atoms with Gasteiger partial charge in [0.15, 0.2) is 0 Å². The van der Waals surface area contributed by atoms with Crippen molar-refractivity contribution in [3.8, 4) is 33.6 Å². The molecule has 5 nitrogen and oxygen atoms in total. The molecule has 412 valence electrons. The fourth-order valence-corrected chi connectivity index (χ4v) is 15.2. The number of para-hydroxylation sites is 4. The van der Waals surface area contributed by atoms with Gasteiger partial charge in [-0.15, -0.1) is 0 Å². The largest absolute Gasteiger partial charge is 0.309 e. The van der Waals surface area contributed by atoms with Crippen LogP contribution in [0.4, 0.5) is 0 Å². The molecular weight excluding hydrogens is 1040 g/mol. The summed E-state index contributed by atoms with van der Waals surface area (Å²) in [5.74, 6) is 0. The maximum absolute atomic E-state index is 5.85. The van der Waals surface area contributed by atoms with E-state index in [0.717, 1.165) is 22.5 Å². The fourth-order valence-electron chi connectivity index (χ4n) is 15.2. The van der Waals surface area contributed by atoms with Crippen LogP contribution in [0.25, 0.3) is 164 Å². The van der Waals surface area contributed by atoms with Crippen molar-refractivity contribution in [3.05, 3.63) is 235 Å². The molecule has 7 aromatic heterocycles. The first-order valence-electron chi connectivity index (χ1n) is 30.5. The van der Waals surface area contributed by atoms with E-state index < -0.39 is 0 Å². The first-order valence-corrected chi connectivity index (χ1v) is 30.5. The molecule has 5 heteroatoms. The van der Waals surface area contributed by atoms with E-state index in [9.17, 15) is 0 Å². The first-order chi connectivity index (χ1) is 41.6. The molecule has 0 amide bonds. The van der Waals surface area contributed by atoms with Crippen LogP contribution in [-0.2, 0) is 16.2 Å². The summed E-state index contributed by atoms with van der Waals surface area (Å²) in [6.07, 6.45) is 2.22. The van der Waals surface area contributed by atoms with Crippen LogP contribution in [0.2, 0.25) is 0 Å². The van der Waals surface area contributed by atoms with Gasteiger partial charge in [-0.25, -0.2) is 4.98 Å². The van der Waals surface area contributed by atoms with Crippen molar-refractivity contribution in [2.24, 2.45) is 0 Å². The van der Waals surface area contributed by atoms with Crippen LogP contribution in [-0.4, -0.2) is 22.9 Å². The molecule has 18 rings (SSSR count). The second kappa shape index (κ2) is 16.9. The predicted molar refractivity (Wildman–Crippen MR) is 367 cm³/mol. The van der Waals surface area contributed by atoms with E-state index in [1.807, 2.05) is 0 Å². The molecule has 86 heavy (non-hydrogen) atoms. The third-order valence-electron chi connectivity index (χ3n) is 19.4. The maximum atomic E-state index is 5.85. The summed E-state index contributed by atoms with van der Waals surface area (Å²) in [7, 11) is 0. The molecule has 0 aliphatic rings. The number of nitrogens with zero attached hydrogens (tertiary/aromatic N) is 5. The second-order valence-electron chi connectivity index (χ2n) is 27.6. The van der Waals surface area contributed by atoms with E-state index in [1.54, 1.807) is 0 Å². The minimum absolute atomic E-state index is 0.118. The van der Waals surface area contributed by atoms with E-state index in [2.05, 4.69) is 299 Å². The highest BCUT2D eigenvalue weighted by molar-refractivity contribution is 6.39. The molecular formula is C81H63N5. The van der Waals surface area contributed by atoms with Crippen LogP contribution in [0, 0.1) is 0 Å². The lowest BCUT2D eigenvalue weighted by Gasteiger charge is -2.22. The molecule has 0 N–H and O–H groups in total. The fraction of sp³-hybridized carbons (Fsp3) is 0.148. The van der Waals surface area contributed by atoms with Crippen molar-refractivity contribution < 1.29 is 0 Å². The Kier molecular flexibility index (Phi) is 9.71. The predicted octanol–water partition coefficient (Wildman–Crippen LogP) is 22.0. The van der Waals surface area contributed by atoms with Crippen molar-refractivity contribution in [1.29, 1.82) is 0 Å². The molecule has 0 bridgehead atoms. The van der Waals surface area contributed by atoms with Crippen molar-refractivity contribution in [3.63, 3.8) is 0 Å². The molecule has 0 saturated heterocycles. The molecule has 0 saturated carbocycles. The molecule has 0 atom stereocenters. The average molecular weight is 1110 g/mol. The molecule has 0 fully saturated rings. The van der Waals surface area contributed by atoms with Crippen molar-refractivity contribution in [2.75, 3.05) is 0 Å². The van der Waals surface area contributed by atoms with E-state index in [4.69, 9.17) is 4.98 Å². The van der Waals surface area contributed by atoms with E-state index in [-0.39, 0.29) is 16.2 Å². The quantitative estimate of drug-likeness (QED) is 0.173. The highest BCUT2D eigenvalue weighted by Gasteiger charge is 2.32. The summed E-state index contributed by atoms with van der Waals surface area (Å²) in [5.41, 5.74) is 22.5. The van der Waals surface area contributed by atoms with E-state index >= 15 is 0 Å². The van der Waals surface area contributed by atoms with Crippen LogP contribution < -0.4 is 0 Å². The van der Waals surface area contributed by atoms with Gasteiger partial charge in [0.2, 0.25) is 0 Å². The smallest absolute Gasteiger partial charge is 0.146 e. The minimum atomic E-state index is -0.137. The Hall–Kier alpha value is -9.97. The van der Waals surface area contributed by atoms with Crippen LogP contribution in [0.15, 0.2) is 219 Å². The van der Waals surface area contributed by atoms with Gasteiger partial charge < -0.3 is 13.5 Å². The van der Waals surface area contributed by atoms with Gasteiger partial charge in [-0.3, -0.25) is 4.40 Å². The second-order valence-corrected chi connectivity index (χ2v) is 27.6. The topological polar surface area (TPSA) is 31.6 Å². The van der Waals surface area contributed by atoms with Gasteiger partial charge in [0, 0.05) is 87.1 Å². The molecule has 0 spiro atoms. The van der Waals surface area contributed by atoms with E-state index in [0.29, 0.717) is 0 Å². The Bertz CT molecular complexity index is 5920. The Balaban J connectivity index is 0.990. The van der Waals surface area contributed by atoms with Crippen LogP contribution in [0.5, 0.6) is 0 Å². The lowest BCUT2D eigenvalue weighted by atomic mass is 9.83. The highest BCUT2D eigenvalue weighted by atomic mass is 15.0. The molecule has 7 heterocycles. The Morgan fingerprint density at radius 1 is 0.291 bits per heavy atom. The lowest BCUT2D eigenvalue weighted by molar-refractivity contribution is 0.591. The van der Waals surface area contributed by atoms with Gasteiger partial charge in [-0.1, -0.05) is 172 Å². The molecule has 18 aromatic rings. The Labute approximate surface area is 498 Å². The number of pyridine rings is 1. The zero-order valence-corrected chi connectivity index (χ0v) is 50.0. The zero-order chi connectivity index (χ0) is 58.0. The summed E-state index contributed by atoms with van der Waals surface area (Å²) in [4.78, 5) is 5.85. The molecule has 11 aromatic carbocycles. The van der Waals surface area contributed by atoms with Crippen molar-refractivity contribution in [1.82, 2.24) is 22.9 Å². The molecule has 0 unspecified atom stereocenters. The standard InChI is InChI=1S/C81H63N5/c1-79(2,3)49-39-57(47-32-34-68-59(36-47)55-28-18-20-30-66(55)83(68)52-23-12-10-13-24-52)74-61(41-49)62-42-51(81(7,8)9)44-65-73-72-63-38-46-22-16-17-27-54(46)71-64-43-50(80(4,5)6)40-58(75(64)85(77(63)71)70(72)45-82-78(73)86(74)76(62)65)48-33-35-69-60(37-48)56-29-19-21-31-67(56)84(69)53-25-14-11-15-26-53/h10-45H,1-9H3. The van der Waals surface area contributed by atoms with E-state index in [1.165, 1.54) is 158 Å². The summed E-state index contributed by atoms with van der Waals surface area (Å²) in [6.45, 7) is 21.2. The minimum Gasteiger partial charge on any atom is -0.309 e. The number of benzene rings is 11. The number of hydrogen-bond acceptors (Lipinski definition) is 1. The van der Waals surface area contributed by atoms with Crippen LogP contribution in [0.1, 0.15) is 79.0 Å². The summed E-state index contributed by atoms with van der Waals surface area (Å²) >= 11 is 0. The summed E-state index contributed by atoms with van der Waals surface area (Å²) in [5, 5.41) is 17.6. The number of fused-ring (bicyclic) bond motifs is 21. The highest BCUT2D eigenvalue weighted by Crippen LogP contribution is 2.53. The van der Waals surface area contributed by atoms with Gasteiger partial charge in [0.05, 0.1) is 55.8 Å². The number of aromatic nitrogens is 5. The maximum Gasteiger partial charge on any atom is 0.146 e. The Morgan fingerprint density at radius 3 is 1.27 bits per heavy atom. The number of hydrogen-bond donors (Lipinski definition) is 0. The molecule has 0 radical (unpaired) electrons. The van der Waals surface area contributed by atoms with Gasteiger partial charge in [-0.05, 0) is 158 Å². The van der Waals surface area contributed by atoms with Gasteiger partial charge in [0.25, 0.3) is 0 Å². The summed E-state index contributed by atoms with van der Waals surface area (Å²) in [6, 6.07) is 80.4. The Morgan fingerprint density at radius 2 is 0.721 bits per heavy atom. The first kappa shape index (κ1) is 49.5. The monoisotopic (exact) mass is 1110 g/mol. The van der Waals surface area contributed by atoms with Crippen LogP contribution in [0.3, 0.4) is 0 Å². The average Bonchev–Trinajstić information content (AvgIpc) is 2.18. The third kappa shape index (κ3) is 6.63. The van der Waals surface area contributed by atoms with Crippen LogP contribution >= 0.6 is 0 Å².